The van der Waals surface area contributed by atoms with E-state index < -0.39 is 0 Å². The van der Waals surface area contributed by atoms with Crippen molar-refractivity contribution in [1.82, 2.24) is 0 Å². The maximum absolute atomic E-state index is 6.08. The summed E-state index contributed by atoms with van der Waals surface area (Å²) in [4.78, 5) is 0. The Labute approximate surface area is 101 Å². The summed E-state index contributed by atoms with van der Waals surface area (Å²) in [7, 11) is 1.71. The average molecular weight is 247 g/mol. The first-order valence-electron chi connectivity index (χ1n) is 5.06. The lowest BCUT2D eigenvalue weighted by Crippen LogP contribution is -2.09. The Bertz CT molecular complexity index is 289. The molecule has 0 heterocycles. The molecule has 0 amide bonds. The summed E-state index contributed by atoms with van der Waals surface area (Å²) >= 11 is 12.0. The summed E-state index contributed by atoms with van der Waals surface area (Å²) < 4.78 is 5.05. The normalized spacial score (nSPS) is 12.7. The van der Waals surface area contributed by atoms with Crippen molar-refractivity contribution >= 4 is 23.2 Å². The molecule has 0 spiro atoms. The highest BCUT2D eigenvalue weighted by molar-refractivity contribution is 6.31. The molecule has 3 heteroatoms. The number of rotatable bonds is 6. The average Bonchev–Trinajstić information content (AvgIpc) is 2.26. The Morgan fingerprint density at radius 3 is 2.67 bits per heavy atom. The van der Waals surface area contributed by atoms with Gasteiger partial charge in [-0.3, -0.25) is 0 Å². The van der Waals surface area contributed by atoms with E-state index in [1.807, 2.05) is 18.2 Å². The summed E-state index contributed by atoms with van der Waals surface area (Å²) in [5, 5.41) is 0.824. The minimum Gasteiger partial charge on any atom is -0.385 e. The van der Waals surface area contributed by atoms with Crippen LogP contribution < -0.4 is 0 Å². The molecular weight excluding hydrogens is 231 g/mol. The van der Waals surface area contributed by atoms with Gasteiger partial charge in [-0.15, -0.1) is 11.6 Å². The van der Waals surface area contributed by atoms with Gasteiger partial charge in [0.25, 0.3) is 0 Å². The molecule has 84 valence electrons. The van der Waals surface area contributed by atoms with E-state index in [1.54, 1.807) is 7.11 Å². The van der Waals surface area contributed by atoms with Crippen molar-refractivity contribution in [3.8, 4) is 0 Å². The number of ether oxygens (including phenoxy) is 1. The summed E-state index contributed by atoms with van der Waals surface area (Å²) in [6, 6.07) is 7.91. The highest BCUT2D eigenvalue weighted by Crippen LogP contribution is 2.21. The monoisotopic (exact) mass is 246 g/mol. The van der Waals surface area contributed by atoms with Crippen LogP contribution in [0.5, 0.6) is 0 Å². The first-order chi connectivity index (χ1) is 7.27. The Morgan fingerprint density at radius 2 is 2.07 bits per heavy atom. The summed E-state index contributed by atoms with van der Waals surface area (Å²) in [6.45, 7) is 0.752. The maximum atomic E-state index is 6.08. The largest absolute Gasteiger partial charge is 0.385 e. The predicted molar refractivity (Wildman–Crippen MR) is 65.9 cm³/mol. The molecule has 1 aromatic carbocycles. The lowest BCUT2D eigenvalue weighted by atomic mass is 9.98. The molecule has 0 saturated heterocycles. The number of methoxy groups -OCH3 is 1. The van der Waals surface area contributed by atoms with Crippen molar-refractivity contribution in [3.05, 3.63) is 34.9 Å². The van der Waals surface area contributed by atoms with Gasteiger partial charge >= 0.3 is 0 Å². The second kappa shape index (κ2) is 7.10. The Kier molecular flexibility index (Phi) is 6.07. The predicted octanol–water partition coefficient (Wildman–Crippen LogP) is 3.77. The number of hydrogen-bond acceptors (Lipinski definition) is 1. The van der Waals surface area contributed by atoms with Crippen LogP contribution in [0.4, 0.5) is 0 Å². The molecule has 1 aromatic rings. The Morgan fingerprint density at radius 1 is 1.33 bits per heavy atom. The highest BCUT2D eigenvalue weighted by Gasteiger charge is 2.10. The molecule has 0 saturated carbocycles. The maximum Gasteiger partial charge on any atom is 0.0465 e. The van der Waals surface area contributed by atoms with E-state index >= 15 is 0 Å². The second-order valence-corrected chi connectivity index (χ2v) is 4.31. The smallest absolute Gasteiger partial charge is 0.0465 e. The van der Waals surface area contributed by atoms with Crippen LogP contribution in [-0.4, -0.2) is 19.6 Å². The first-order valence-corrected chi connectivity index (χ1v) is 5.97. The van der Waals surface area contributed by atoms with E-state index in [0.717, 1.165) is 24.5 Å². The molecule has 0 N–H and O–H groups in total. The van der Waals surface area contributed by atoms with Crippen LogP contribution in [0, 0.1) is 5.92 Å². The molecular formula is C12H16Cl2O. The molecule has 1 atom stereocenters. The number of hydrogen-bond donors (Lipinski definition) is 0. The van der Waals surface area contributed by atoms with Crippen molar-refractivity contribution in [3.63, 3.8) is 0 Å². The lowest BCUT2D eigenvalue weighted by molar-refractivity contribution is 0.180. The van der Waals surface area contributed by atoms with Crippen LogP contribution in [0.3, 0.4) is 0 Å². The third-order valence-corrected chi connectivity index (χ3v) is 3.22. The van der Waals surface area contributed by atoms with Gasteiger partial charge in [-0.05, 0) is 30.4 Å². The van der Waals surface area contributed by atoms with E-state index in [9.17, 15) is 0 Å². The Hall–Kier alpha value is -0.240. The van der Waals surface area contributed by atoms with Crippen LogP contribution in [0.1, 0.15) is 12.0 Å². The van der Waals surface area contributed by atoms with E-state index in [-0.39, 0.29) is 0 Å². The molecule has 0 aromatic heterocycles. The van der Waals surface area contributed by atoms with Gasteiger partial charge in [0.2, 0.25) is 0 Å². The van der Waals surface area contributed by atoms with Crippen LogP contribution in [0.2, 0.25) is 5.02 Å². The standard InChI is InChI=1S/C12H16Cl2O/c1-15-7-6-10(9-13)8-11-4-2-3-5-12(11)14/h2-5,10H,6-9H2,1H3. The van der Waals surface area contributed by atoms with Gasteiger partial charge in [-0.1, -0.05) is 29.8 Å². The van der Waals surface area contributed by atoms with E-state index in [0.29, 0.717) is 11.8 Å². The van der Waals surface area contributed by atoms with Gasteiger partial charge in [-0.25, -0.2) is 0 Å². The van der Waals surface area contributed by atoms with Crippen molar-refractivity contribution in [2.24, 2.45) is 5.92 Å². The van der Waals surface area contributed by atoms with Gasteiger partial charge in [0.05, 0.1) is 0 Å². The van der Waals surface area contributed by atoms with Crippen LogP contribution in [0.15, 0.2) is 24.3 Å². The lowest BCUT2D eigenvalue weighted by Gasteiger charge is -2.14. The number of alkyl halides is 1. The van der Waals surface area contributed by atoms with E-state index in [2.05, 4.69) is 6.07 Å². The topological polar surface area (TPSA) is 9.23 Å². The zero-order valence-electron chi connectivity index (χ0n) is 8.88. The summed E-state index contributed by atoms with van der Waals surface area (Å²) in [6.07, 6.45) is 1.90. The van der Waals surface area contributed by atoms with Gasteiger partial charge in [0.15, 0.2) is 0 Å². The number of benzene rings is 1. The van der Waals surface area contributed by atoms with Crippen molar-refractivity contribution in [1.29, 1.82) is 0 Å². The van der Waals surface area contributed by atoms with Gasteiger partial charge in [0, 0.05) is 24.6 Å². The molecule has 0 radical (unpaired) electrons. The van der Waals surface area contributed by atoms with Crippen molar-refractivity contribution in [2.45, 2.75) is 12.8 Å². The van der Waals surface area contributed by atoms with Crippen LogP contribution in [-0.2, 0) is 11.2 Å². The SMILES string of the molecule is COCCC(CCl)Cc1ccccc1Cl. The quantitative estimate of drug-likeness (QED) is 0.695. The van der Waals surface area contributed by atoms with Gasteiger partial charge < -0.3 is 4.74 Å². The minimum atomic E-state index is 0.437. The summed E-state index contributed by atoms with van der Waals surface area (Å²) in [5.41, 5.74) is 1.17. The van der Waals surface area contributed by atoms with Crippen LogP contribution >= 0.6 is 23.2 Å². The van der Waals surface area contributed by atoms with Crippen molar-refractivity contribution < 1.29 is 4.74 Å². The molecule has 0 bridgehead atoms. The van der Waals surface area contributed by atoms with Crippen LogP contribution in [0.25, 0.3) is 0 Å². The highest BCUT2D eigenvalue weighted by atomic mass is 35.5. The minimum absolute atomic E-state index is 0.437. The molecule has 1 rings (SSSR count). The molecule has 1 unspecified atom stereocenters. The number of halogens is 2. The summed E-state index contributed by atoms with van der Waals surface area (Å²) in [5.74, 6) is 1.08. The molecule has 1 nitrogen and oxygen atoms in total. The molecule has 0 aliphatic carbocycles. The van der Waals surface area contributed by atoms with E-state index in [4.69, 9.17) is 27.9 Å². The van der Waals surface area contributed by atoms with E-state index in [1.165, 1.54) is 5.56 Å². The van der Waals surface area contributed by atoms with Crippen molar-refractivity contribution in [2.75, 3.05) is 19.6 Å². The third-order valence-electron chi connectivity index (χ3n) is 2.41. The molecule has 15 heavy (non-hydrogen) atoms. The molecule has 0 aliphatic rings. The third kappa shape index (κ3) is 4.42. The molecule has 0 aliphatic heterocycles. The van der Waals surface area contributed by atoms with Gasteiger partial charge in [-0.2, -0.15) is 0 Å². The zero-order chi connectivity index (χ0) is 11.1. The van der Waals surface area contributed by atoms with Gasteiger partial charge in [0.1, 0.15) is 0 Å². The second-order valence-electron chi connectivity index (χ2n) is 3.60. The fraction of sp³-hybridized carbons (Fsp3) is 0.500. The first kappa shape index (κ1) is 12.8. The Balaban J connectivity index is 2.54. The fourth-order valence-corrected chi connectivity index (χ4v) is 1.97. The zero-order valence-corrected chi connectivity index (χ0v) is 10.4. The fourth-order valence-electron chi connectivity index (χ4n) is 1.49. The molecule has 0 fully saturated rings.